The summed E-state index contributed by atoms with van der Waals surface area (Å²) in [5.41, 5.74) is 0.114. The van der Waals surface area contributed by atoms with Crippen molar-refractivity contribution >= 4 is 17.5 Å². The third kappa shape index (κ3) is 3.44. The SMILES string of the molecule is Cc1c(F)ccc(F)c1-c1[nH]ncc1C(=O)N[C@@H](c1cccc(Cl)c1)C1(C#N)CC1. The Bertz CT molecular complexity index is 1180. The average molecular weight is 427 g/mol. The van der Waals surface area contributed by atoms with Crippen LogP contribution in [-0.2, 0) is 0 Å². The standard InChI is InChI=1S/C22H17ClF2N4O/c1-12-16(24)5-6-17(25)18(12)19-15(10-27-29-19)21(30)28-20(22(11-26)7-8-22)13-3-2-4-14(23)9-13/h2-6,9-10,20H,7-8H2,1H3,(H,27,29)(H,28,30)/t20-/m0/s1. The molecule has 152 valence electrons. The fraction of sp³-hybridized carbons (Fsp3) is 0.227. The van der Waals surface area contributed by atoms with Crippen molar-refractivity contribution < 1.29 is 13.6 Å². The zero-order valence-electron chi connectivity index (χ0n) is 16.0. The van der Waals surface area contributed by atoms with Crippen LogP contribution in [0.2, 0.25) is 5.02 Å². The van der Waals surface area contributed by atoms with Gasteiger partial charge < -0.3 is 5.32 Å². The fourth-order valence-electron chi connectivity index (χ4n) is 3.64. The maximum Gasteiger partial charge on any atom is 0.255 e. The van der Waals surface area contributed by atoms with E-state index < -0.39 is 29.0 Å². The van der Waals surface area contributed by atoms with Gasteiger partial charge in [0.25, 0.3) is 5.91 Å². The number of rotatable bonds is 5. The van der Waals surface area contributed by atoms with E-state index in [-0.39, 0.29) is 22.4 Å². The number of aromatic amines is 1. The third-order valence-electron chi connectivity index (χ3n) is 5.50. The van der Waals surface area contributed by atoms with E-state index >= 15 is 0 Å². The van der Waals surface area contributed by atoms with Crippen LogP contribution in [0.15, 0.2) is 42.6 Å². The van der Waals surface area contributed by atoms with E-state index in [0.717, 1.165) is 12.1 Å². The van der Waals surface area contributed by atoms with Crippen molar-refractivity contribution in [2.75, 3.05) is 0 Å². The number of hydrogen-bond donors (Lipinski definition) is 2. The van der Waals surface area contributed by atoms with Gasteiger partial charge in [0.15, 0.2) is 0 Å². The zero-order chi connectivity index (χ0) is 21.5. The van der Waals surface area contributed by atoms with Crippen molar-refractivity contribution in [1.82, 2.24) is 15.5 Å². The first kappa shape index (κ1) is 20.0. The summed E-state index contributed by atoms with van der Waals surface area (Å²) in [6.07, 6.45) is 2.53. The van der Waals surface area contributed by atoms with E-state index in [1.54, 1.807) is 24.3 Å². The number of amides is 1. The molecule has 0 spiro atoms. The van der Waals surface area contributed by atoms with Crippen molar-refractivity contribution in [3.63, 3.8) is 0 Å². The number of nitrogens with zero attached hydrogens (tertiary/aromatic N) is 2. The van der Waals surface area contributed by atoms with Gasteiger partial charge in [-0.05, 0) is 55.2 Å². The number of H-pyrrole nitrogens is 1. The molecular formula is C22H17ClF2N4O. The summed E-state index contributed by atoms with van der Waals surface area (Å²) in [7, 11) is 0. The Morgan fingerprint density at radius 2 is 2.03 bits per heavy atom. The first-order valence-electron chi connectivity index (χ1n) is 9.32. The number of nitrogens with one attached hydrogen (secondary N) is 2. The molecular weight excluding hydrogens is 410 g/mol. The van der Waals surface area contributed by atoms with Crippen molar-refractivity contribution in [3.8, 4) is 17.3 Å². The van der Waals surface area contributed by atoms with Crippen molar-refractivity contribution in [2.24, 2.45) is 5.41 Å². The zero-order valence-corrected chi connectivity index (χ0v) is 16.7. The lowest BCUT2D eigenvalue weighted by molar-refractivity contribution is 0.0925. The molecule has 0 saturated heterocycles. The minimum absolute atomic E-state index is 0.0571. The molecule has 3 aromatic rings. The second-order valence-electron chi connectivity index (χ2n) is 7.42. The predicted octanol–water partition coefficient (Wildman–Crippen LogP) is 5.09. The van der Waals surface area contributed by atoms with Crippen LogP contribution in [0.1, 0.15) is 40.4 Å². The Balaban J connectivity index is 1.72. The van der Waals surface area contributed by atoms with E-state index in [2.05, 4.69) is 21.6 Å². The minimum Gasteiger partial charge on any atom is -0.343 e. The lowest BCUT2D eigenvalue weighted by Gasteiger charge is -2.24. The molecule has 1 aromatic heterocycles. The highest BCUT2D eigenvalue weighted by molar-refractivity contribution is 6.30. The van der Waals surface area contributed by atoms with Crippen LogP contribution < -0.4 is 5.32 Å². The number of benzene rings is 2. The van der Waals surface area contributed by atoms with Crippen LogP contribution in [0.3, 0.4) is 0 Å². The van der Waals surface area contributed by atoms with E-state index in [9.17, 15) is 18.8 Å². The molecule has 1 aliphatic carbocycles. The van der Waals surface area contributed by atoms with Gasteiger partial charge in [-0.25, -0.2) is 8.78 Å². The Kier molecular flexibility index (Phi) is 5.04. The molecule has 0 radical (unpaired) electrons. The Labute approximate surface area is 176 Å². The monoisotopic (exact) mass is 426 g/mol. The first-order chi connectivity index (χ1) is 14.4. The number of carbonyl (C=O) groups excluding carboxylic acids is 1. The largest absolute Gasteiger partial charge is 0.343 e. The smallest absolute Gasteiger partial charge is 0.255 e. The molecule has 4 rings (SSSR count). The van der Waals surface area contributed by atoms with Gasteiger partial charge >= 0.3 is 0 Å². The van der Waals surface area contributed by atoms with Gasteiger partial charge in [-0.15, -0.1) is 0 Å². The predicted molar refractivity (Wildman–Crippen MR) is 108 cm³/mol. The quantitative estimate of drug-likeness (QED) is 0.596. The molecule has 1 aliphatic rings. The molecule has 2 aromatic carbocycles. The van der Waals surface area contributed by atoms with Gasteiger partial charge in [0.05, 0.1) is 35.0 Å². The van der Waals surface area contributed by atoms with Crippen molar-refractivity contribution in [3.05, 3.63) is 75.9 Å². The van der Waals surface area contributed by atoms with Crippen LogP contribution in [0.4, 0.5) is 8.78 Å². The summed E-state index contributed by atoms with van der Waals surface area (Å²) in [6, 6.07) is 10.7. The van der Waals surface area contributed by atoms with E-state index in [0.29, 0.717) is 23.4 Å². The van der Waals surface area contributed by atoms with Crippen LogP contribution in [0.5, 0.6) is 0 Å². The van der Waals surface area contributed by atoms with Gasteiger partial charge in [-0.3, -0.25) is 9.89 Å². The molecule has 30 heavy (non-hydrogen) atoms. The highest BCUT2D eigenvalue weighted by atomic mass is 35.5. The molecule has 1 heterocycles. The molecule has 1 atom stereocenters. The van der Waals surface area contributed by atoms with Crippen LogP contribution in [0, 0.1) is 35.3 Å². The number of halogens is 3. The third-order valence-corrected chi connectivity index (χ3v) is 5.74. The number of nitriles is 1. The lowest BCUT2D eigenvalue weighted by Crippen LogP contribution is -2.34. The average Bonchev–Trinajstić information content (AvgIpc) is 3.38. The molecule has 0 bridgehead atoms. The van der Waals surface area contributed by atoms with Crippen molar-refractivity contribution in [1.29, 1.82) is 5.26 Å². The van der Waals surface area contributed by atoms with Crippen molar-refractivity contribution in [2.45, 2.75) is 25.8 Å². The van der Waals surface area contributed by atoms with Gasteiger partial charge in [0.1, 0.15) is 11.6 Å². The maximum atomic E-state index is 14.5. The molecule has 1 saturated carbocycles. The van der Waals surface area contributed by atoms with Gasteiger partial charge in [0, 0.05) is 10.6 Å². The van der Waals surface area contributed by atoms with Gasteiger partial charge in [-0.2, -0.15) is 10.4 Å². The van der Waals surface area contributed by atoms with Crippen LogP contribution in [-0.4, -0.2) is 16.1 Å². The second-order valence-corrected chi connectivity index (χ2v) is 7.85. The van der Waals surface area contributed by atoms with Gasteiger partial charge in [0.2, 0.25) is 0 Å². The molecule has 1 amide bonds. The summed E-state index contributed by atoms with van der Waals surface area (Å²) in [4.78, 5) is 13.1. The first-order valence-corrected chi connectivity index (χ1v) is 9.70. The summed E-state index contributed by atoms with van der Waals surface area (Å²) in [5, 5.41) is 19.5. The van der Waals surface area contributed by atoms with Gasteiger partial charge in [-0.1, -0.05) is 23.7 Å². The molecule has 1 fully saturated rings. The highest BCUT2D eigenvalue weighted by Crippen LogP contribution is 2.54. The van der Waals surface area contributed by atoms with Crippen LogP contribution >= 0.6 is 11.6 Å². The minimum atomic E-state index is -0.732. The highest BCUT2D eigenvalue weighted by Gasteiger charge is 2.51. The summed E-state index contributed by atoms with van der Waals surface area (Å²) >= 11 is 6.11. The molecule has 5 nitrogen and oxygen atoms in total. The Hall–Kier alpha value is -3.24. The number of aromatic nitrogens is 2. The van der Waals surface area contributed by atoms with Crippen LogP contribution in [0.25, 0.3) is 11.3 Å². The topological polar surface area (TPSA) is 81.6 Å². The molecule has 2 N–H and O–H groups in total. The molecule has 0 aliphatic heterocycles. The normalized spacial score (nSPS) is 15.3. The van der Waals surface area contributed by atoms with E-state index in [4.69, 9.17) is 11.6 Å². The molecule has 8 heteroatoms. The molecule has 0 unspecified atom stereocenters. The Morgan fingerprint density at radius 1 is 1.30 bits per heavy atom. The summed E-state index contributed by atoms with van der Waals surface area (Å²) in [6.45, 7) is 1.43. The fourth-order valence-corrected chi connectivity index (χ4v) is 3.84. The maximum absolute atomic E-state index is 14.5. The number of carbonyl (C=O) groups is 1. The Morgan fingerprint density at radius 3 is 2.70 bits per heavy atom. The van der Waals surface area contributed by atoms with E-state index in [1.807, 2.05) is 0 Å². The summed E-state index contributed by atoms with van der Waals surface area (Å²) < 4.78 is 28.5. The second kappa shape index (κ2) is 7.54. The van der Waals surface area contributed by atoms with E-state index in [1.165, 1.54) is 13.1 Å². The lowest BCUT2D eigenvalue weighted by atomic mass is 9.90. The summed E-state index contributed by atoms with van der Waals surface area (Å²) in [5.74, 6) is -1.81. The number of hydrogen-bond acceptors (Lipinski definition) is 3.